The van der Waals surface area contributed by atoms with Crippen LogP contribution in [0.3, 0.4) is 0 Å². The number of halogens is 1. The Morgan fingerprint density at radius 3 is 2.21 bits per heavy atom. The van der Waals surface area contributed by atoms with Crippen LogP contribution in [-0.4, -0.2) is 0 Å². The van der Waals surface area contributed by atoms with Crippen molar-refractivity contribution in [3.8, 4) is 5.75 Å². The van der Waals surface area contributed by atoms with Gasteiger partial charge in [-0.25, -0.2) is 4.39 Å². The summed E-state index contributed by atoms with van der Waals surface area (Å²) in [4.78, 5) is 0. The lowest BCUT2D eigenvalue weighted by atomic mass is 9.89. The minimum Gasteiger partial charge on any atom is -0.488 e. The van der Waals surface area contributed by atoms with Gasteiger partial charge in [0.1, 0.15) is 18.2 Å². The molecule has 0 heterocycles. The highest BCUT2D eigenvalue weighted by Gasteiger charge is 2.33. The van der Waals surface area contributed by atoms with Crippen LogP contribution in [-0.2, 0) is 11.8 Å². The van der Waals surface area contributed by atoms with Gasteiger partial charge in [0.25, 0.3) is 0 Å². The van der Waals surface area contributed by atoms with Gasteiger partial charge in [0.2, 0.25) is 0 Å². The number of rotatable bonds is 8. The van der Waals surface area contributed by atoms with Crippen LogP contribution in [0.4, 0.5) is 4.39 Å². The Hall–Kier alpha value is -2.18. The SMILES string of the molecule is CCC(CC)(Pc1ccccc1F)c1cc(C)cc(C)c1OCc1ccccc1. The molecule has 0 saturated heterocycles. The molecule has 3 aromatic carbocycles. The van der Waals surface area contributed by atoms with Crippen molar-refractivity contribution in [1.82, 2.24) is 0 Å². The van der Waals surface area contributed by atoms with E-state index in [-0.39, 0.29) is 11.0 Å². The topological polar surface area (TPSA) is 9.23 Å². The summed E-state index contributed by atoms with van der Waals surface area (Å²) in [6.45, 7) is 9.18. The van der Waals surface area contributed by atoms with Crippen LogP contribution < -0.4 is 10.0 Å². The second-order valence-corrected chi connectivity index (χ2v) is 9.37. The molecule has 3 rings (SSSR count). The molecule has 1 nitrogen and oxygen atoms in total. The fraction of sp³-hybridized carbons (Fsp3) is 0.308. The molecule has 3 heteroatoms. The number of hydrogen-bond donors (Lipinski definition) is 0. The maximum atomic E-state index is 14.5. The van der Waals surface area contributed by atoms with E-state index in [2.05, 4.69) is 52.0 Å². The Bertz CT molecular complexity index is 948. The summed E-state index contributed by atoms with van der Waals surface area (Å²) in [5.74, 6) is 0.834. The highest BCUT2D eigenvalue weighted by Crippen LogP contribution is 2.51. The lowest BCUT2D eigenvalue weighted by Crippen LogP contribution is -2.24. The van der Waals surface area contributed by atoms with Gasteiger partial charge in [0.15, 0.2) is 0 Å². The molecule has 0 amide bonds. The van der Waals surface area contributed by atoms with Crippen molar-refractivity contribution in [2.24, 2.45) is 0 Å². The quantitative estimate of drug-likeness (QED) is 0.363. The molecule has 0 N–H and O–H groups in total. The van der Waals surface area contributed by atoms with Gasteiger partial charge in [-0.2, -0.15) is 0 Å². The lowest BCUT2D eigenvalue weighted by Gasteiger charge is -2.35. The van der Waals surface area contributed by atoms with Crippen molar-refractivity contribution in [2.75, 3.05) is 0 Å². The standard InChI is InChI=1S/C26H30FOP/c1-5-26(6-2,29-24-15-11-10-14-23(24)27)22-17-19(3)16-20(4)25(22)28-18-21-12-8-7-9-13-21/h7-17,29H,5-6,18H2,1-4H3. The maximum Gasteiger partial charge on any atom is 0.130 e. The van der Waals surface area contributed by atoms with Gasteiger partial charge in [0.05, 0.1) is 0 Å². The van der Waals surface area contributed by atoms with Crippen LogP contribution in [0.25, 0.3) is 0 Å². The van der Waals surface area contributed by atoms with Crippen molar-refractivity contribution in [3.63, 3.8) is 0 Å². The Morgan fingerprint density at radius 1 is 0.897 bits per heavy atom. The number of benzene rings is 3. The van der Waals surface area contributed by atoms with E-state index in [9.17, 15) is 4.39 Å². The zero-order chi connectivity index (χ0) is 20.9. The predicted octanol–water partition coefficient (Wildman–Crippen LogP) is 7.04. The molecule has 1 unspecified atom stereocenters. The second kappa shape index (κ2) is 9.55. The van der Waals surface area contributed by atoms with Gasteiger partial charge in [-0.3, -0.25) is 0 Å². The lowest BCUT2D eigenvalue weighted by molar-refractivity contribution is 0.296. The monoisotopic (exact) mass is 408 g/mol. The normalized spacial score (nSPS) is 11.9. The van der Waals surface area contributed by atoms with E-state index < -0.39 is 0 Å². The first-order valence-electron chi connectivity index (χ1n) is 10.3. The van der Waals surface area contributed by atoms with Crippen molar-refractivity contribution in [3.05, 3.63) is 94.8 Å². The zero-order valence-electron chi connectivity index (χ0n) is 17.8. The highest BCUT2D eigenvalue weighted by molar-refractivity contribution is 7.48. The predicted molar refractivity (Wildman–Crippen MR) is 123 cm³/mol. The van der Waals surface area contributed by atoms with Crippen LogP contribution in [0.15, 0.2) is 66.7 Å². The minimum atomic E-state index is -0.148. The highest BCUT2D eigenvalue weighted by atomic mass is 31.1. The van der Waals surface area contributed by atoms with Gasteiger partial charge < -0.3 is 4.74 Å². The van der Waals surface area contributed by atoms with Gasteiger partial charge >= 0.3 is 0 Å². The van der Waals surface area contributed by atoms with E-state index in [0.717, 1.165) is 35.0 Å². The second-order valence-electron chi connectivity index (χ2n) is 7.63. The van der Waals surface area contributed by atoms with Crippen LogP contribution >= 0.6 is 8.58 Å². The van der Waals surface area contributed by atoms with Crippen LogP contribution in [0.1, 0.15) is 48.9 Å². The van der Waals surface area contributed by atoms with Crippen LogP contribution in [0.2, 0.25) is 0 Å². The molecule has 0 aliphatic rings. The Labute approximate surface area is 176 Å². The largest absolute Gasteiger partial charge is 0.488 e. The minimum absolute atomic E-state index is 0.117. The van der Waals surface area contributed by atoms with Gasteiger partial charge in [0, 0.05) is 16.0 Å². The maximum absolute atomic E-state index is 14.5. The summed E-state index contributed by atoms with van der Waals surface area (Å²) in [5.41, 5.74) is 4.71. The third-order valence-corrected chi connectivity index (χ3v) is 7.75. The number of ether oxygens (including phenoxy) is 1. The Morgan fingerprint density at radius 2 is 1.55 bits per heavy atom. The van der Waals surface area contributed by atoms with E-state index in [1.54, 1.807) is 12.1 Å². The van der Waals surface area contributed by atoms with Crippen molar-refractivity contribution in [2.45, 2.75) is 52.3 Å². The summed E-state index contributed by atoms with van der Waals surface area (Å²) in [6, 6.07) is 21.8. The number of hydrogen-bond acceptors (Lipinski definition) is 1. The van der Waals surface area contributed by atoms with E-state index in [1.165, 1.54) is 11.1 Å². The van der Waals surface area contributed by atoms with Crippen LogP contribution in [0, 0.1) is 19.7 Å². The third kappa shape index (κ3) is 4.87. The summed E-state index contributed by atoms with van der Waals surface area (Å²) >= 11 is 0. The van der Waals surface area contributed by atoms with E-state index in [1.807, 2.05) is 30.3 Å². The molecule has 0 aromatic heterocycles. The van der Waals surface area contributed by atoms with Crippen molar-refractivity contribution < 1.29 is 9.13 Å². The first-order valence-corrected chi connectivity index (χ1v) is 11.3. The fourth-order valence-corrected chi connectivity index (χ4v) is 5.50. The van der Waals surface area contributed by atoms with E-state index >= 15 is 0 Å². The molecule has 1 atom stereocenters. The molecule has 0 aliphatic heterocycles. The summed E-state index contributed by atoms with van der Waals surface area (Å²) in [5, 5.41) is 0.648. The van der Waals surface area contributed by atoms with Crippen molar-refractivity contribution in [1.29, 1.82) is 0 Å². The third-order valence-electron chi connectivity index (χ3n) is 5.62. The molecule has 0 radical (unpaired) electrons. The van der Waals surface area contributed by atoms with Gasteiger partial charge in [-0.05, 0) is 43.9 Å². The molecule has 0 bridgehead atoms. The zero-order valence-corrected chi connectivity index (χ0v) is 18.8. The molecule has 0 fully saturated rings. The van der Waals surface area contributed by atoms with Crippen LogP contribution in [0.5, 0.6) is 5.75 Å². The van der Waals surface area contributed by atoms with E-state index in [4.69, 9.17) is 4.74 Å². The van der Waals surface area contributed by atoms with E-state index in [0.29, 0.717) is 15.2 Å². The summed E-state index contributed by atoms with van der Waals surface area (Å²) in [6.07, 6.45) is 1.86. The first kappa shape index (κ1) is 21.5. The Kier molecular flexibility index (Phi) is 7.09. The van der Waals surface area contributed by atoms with Crippen molar-refractivity contribution >= 4 is 13.9 Å². The molecule has 152 valence electrons. The Balaban J connectivity index is 2.04. The summed E-state index contributed by atoms with van der Waals surface area (Å²) < 4.78 is 20.9. The smallest absolute Gasteiger partial charge is 0.130 e. The molecule has 0 spiro atoms. The molecular weight excluding hydrogens is 378 g/mol. The molecule has 29 heavy (non-hydrogen) atoms. The van der Waals surface area contributed by atoms with Gasteiger partial charge in [-0.15, -0.1) is 0 Å². The molecule has 3 aromatic rings. The fourth-order valence-electron chi connectivity index (χ4n) is 3.93. The average molecular weight is 408 g/mol. The molecule has 0 saturated carbocycles. The number of aryl methyl sites for hydroxylation is 2. The van der Waals surface area contributed by atoms with Gasteiger partial charge in [-0.1, -0.05) is 88.7 Å². The molecule has 0 aliphatic carbocycles. The average Bonchev–Trinajstić information content (AvgIpc) is 2.73. The molecular formula is C26H30FOP. The first-order chi connectivity index (χ1) is 14.0. The summed E-state index contributed by atoms with van der Waals surface area (Å²) in [7, 11) is 0.347.